The minimum atomic E-state index is -0.734. The highest BCUT2D eigenvalue weighted by Crippen LogP contribution is 2.32. The van der Waals surface area contributed by atoms with Gasteiger partial charge in [0.15, 0.2) is 0 Å². The summed E-state index contributed by atoms with van der Waals surface area (Å²) in [5.74, 6) is 0.899. The summed E-state index contributed by atoms with van der Waals surface area (Å²) in [6.07, 6.45) is 6.18. The number of rotatable bonds is 6. The van der Waals surface area contributed by atoms with Gasteiger partial charge in [0.25, 0.3) is 0 Å². The Morgan fingerprint density at radius 1 is 1.32 bits per heavy atom. The minimum Gasteiger partial charge on any atom is -0.496 e. The van der Waals surface area contributed by atoms with Crippen molar-refractivity contribution in [3.8, 4) is 5.75 Å². The zero-order valence-electron chi connectivity index (χ0n) is 15.2. The first kappa shape index (κ1) is 17.8. The summed E-state index contributed by atoms with van der Waals surface area (Å²) in [6, 6.07) is 8.11. The smallest absolute Gasteiger partial charge is 0.245 e. The van der Waals surface area contributed by atoms with Crippen LogP contribution in [0.4, 0.5) is 0 Å². The Balaban J connectivity index is 1.69. The van der Waals surface area contributed by atoms with Crippen molar-refractivity contribution in [2.75, 3.05) is 13.7 Å². The number of hydrogen-bond acceptors (Lipinski definition) is 3. The van der Waals surface area contributed by atoms with Crippen molar-refractivity contribution < 1.29 is 14.3 Å². The van der Waals surface area contributed by atoms with Crippen LogP contribution in [0, 0.1) is 0 Å². The lowest BCUT2D eigenvalue weighted by Crippen LogP contribution is -2.56. The van der Waals surface area contributed by atoms with Gasteiger partial charge >= 0.3 is 0 Å². The number of carbonyl (C=O) groups excluding carboxylic acids is 2. The second kappa shape index (κ2) is 7.46. The molecular weight excluding hydrogens is 316 g/mol. The third kappa shape index (κ3) is 3.65. The van der Waals surface area contributed by atoms with Crippen LogP contribution < -0.4 is 10.1 Å². The topological polar surface area (TPSA) is 58.6 Å². The summed E-state index contributed by atoms with van der Waals surface area (Å²) >= 11 is 0. The zero-order valence-corrected chi connectivity index (χ0v) is 15.2. The molecule has 5 nitrogen and oxygen atoms in total. The van der Waals surface area contributed by atoms with E-state index in [2.05, 4.69) is 5.32 Å². The molecule has 3 rings (SSSR count). The Bertz CT molecular complexity index is 640. The number of amides is 2. The summed E-state index contributed by atoms with van der Waals surface area (Å²) in [6.45, 7) is 2.44. The van der Waals surface area contributed by atoms with E-state index in [9.17, 15) is 9.59 Å². The summed E-state index contributed by atoms with van der Waals surface area (Å²) in [5, 5.41) is 3.18. The number of para-hydroxylation sites is 1. The van der Waals surface area contributed by atoms with E-state index in [0.717, 1.165) is 24.2 Å². The molecule has 0 unspecified atom stereocenters. The molecule has 1 N–H and O–H groups in total. The molecule has 0 spiro atoms. The second-order valence-electron chi connectivity index (χ2n) is 7.34. The number of benzene rings is 1. The van der Waals surface area contributed by atoms with Gasteiger partial charge in [0.05, 0.1) is 7.11 Å². The fourth-order valence-corrected chi connectivity index (χ4v) is 4.06. The minimum absolute atomic E-state index is 0.00489. The van der Waals surface area contributed by atoms with Gasteiger partial charge in [0.1, 0.15) is 11.3 Å². The van der Waals surface area contributed by atoms with E-state index in [0.29, 0.717) is 25.8 Å². The standard InChI is InChI=1S/C20H28N2O3/c1-20(19(24)21-16-8-4-5-9-16)13-11-18(23)22(20)14-12-15-7-3-6-10-17(15)25-2/h3,6-7,10,16H,4-5,8-9,11-14H2,1-2H3,(H,21,24)/t20-/m1/s1. The van der Waals surface area contributed by atoms with Crippen LogP contribution in [0.15, 0.2) is 24.3 Å². The first-order valence-electron chi connectivity index (χ1n) is 9.28. The van der Waals surface area contributed by atoms with Gasteiger partial charge in [-0.05, 0) is 44.2 Å². The lowest BCUT2D eigenvalue weighted by atomic mass is 9.96. The van der Waals surface area contributed by atoms with Gasteiger partial charge in [-0.2, -0.15) is 0 Å². The Labute approximate surface area is 149 Å². The highest BCUT2D eigenvalue weighted by atomic mass is 16.5. The Hall–Kier alpha value is -2.04. The average molecular weight is 344 g/mol. The van der Waals surface area contributed by atoms with Crippen molar-refractivity contribution in [2.45, 2.75) is 63.5 Å². The third-order valence-corrected chi connectivity index (χ3v) is 5.70. The van der Waals surface area contributed by atoms with Crippen LogP contribution in [0.25, 0.3) is 0 Å². The molecule has 2 fully saturated rings. The van der Waals surface area contributed by atoms with Gasteiger partial charge in [-0.15, -0.1) is 0 Å². The molecule has 0 aromatic heterocycles. The summed E-state index contributed by atoms with van der Waals surface area (Å²) in [5.41, 5.74) is 0.324. The number of hydrogen-bond donors (Lipinski definition) is 1. The normalized spacial score (nSPS) is 23.9. The molecule has 1 heterocycles. The van der Waals surface area contributed by atoms with E-state index in [1.165, 1.54) is 12.8 Å². The fourth-order valence-electron chi connectivity index (χ4n) is 4.06. The summed E-state index contributed by atoms with van der Waals surface area (Å²) in [7, 11) is 1.65. The van der Waals surface area contributed by atoms with Gasteiger partial charge in [0.2, 0.25) is 11.8 Å². The predicted octanol–water partition coefficient (Wildman–Crippen LogP) is 2.68. The molecule has 1 aromatic rings. The number of carbonyl (C=O) groups is 2. The molecule has 1 saturated carbocycles. The molecule has 25 heavy (non-hydrogen) atoms. The maximum Gasteiger partial charge on any atom is 0.245 e. The van der Waals surface area contributed by atoms with Crippen LogP contribution in [0.1, 0.15) is 51.0 Å². The molecule has 1 aliphatic heterocycles. The lowest BCUT2D eigenvalue weighted by Gasteiger charge is -2.35. The first-order chi connectivity index (χ1) is 12.0. The quantitative estimate of drug-likeness (QED) is 0.863. The van der Waals surface area contributed by atoms with Crippen LogP contribution >= 0.6 is 0 Å². The van der Waals surface area contributed by atoms with E-state index in [-0.39, 0.29) is 17.9 Å². The molecule has 2 amide bonds. The number of nitrogens with zero attached hydrogens (tertiary/aromatic N) is 1. The average Bonchev–Trinajstić information content (AvgIpc) is 3.22. The highest BCUT2D eigenvalue weighted by molar-refractivity contribution is 5.94. The largest absolute Gasteiger partial charge is 0.496 e. The van der Waals surface area contributed by atoms with Crippen LogP contribution in [0.2, 0.25) is 0 Å². The van der Waals surface area contributed by atoms with Crippen molar-refractivity contribution in [3.05, 3.63) is 29.8 Å². The molecule has 1 aromatic carbocycles. The van der Waals surface area contributed by atoms with Gasteiger partial charge in [-0.3, -0.25) is 9.59 Å². The van der Waals surface area contributed by atoms with Crippen LogP contribution in [-0.2, 0) is 16.0 Å². The van der Waals surface area contributed by atoms with Crippen LogP contribution in [0.3, 0.4) is 0 Å². The summed E-state index contributed by atoms with van der Waals surface area (Å²) in [4.78, 5) is 27.1. The highest BCUT2D eigenvalue weighted by Gasteiger charge is 2.47. The van der Waals surface area contributed by atoms with E-state index >= 15 is 0 Å². The van der Waals surface area contributed by atoms with Crippen molar-refractivity contribution in [1.29, 1.82) is 0 Å². The Morgan fingerprint density at radius 3 is 2.76 bits per heavy atom. The molecule has 0 bridgehead atoms. The van der Waals surface area contributed by atoms with E-state index in [1.54, 1.807) is 12.0 Å². The monoisotopic (exact) mass is 344 g/mol. The van der Waals surface area contributed by atoms with Crippen LogP contribution in [-0.4, -0.2) is 41.9 Å². The fraction of sp³-hybridized carbons (Fsp3) is 0.600. The number of likely N-dealkylation sites (tertiary alicyclic amines) is 1. The molecule has 1 aliphatic carbocycles. The van der Waals surface area contributed by atoms with Crippen LogP contribution in [0.5, 0.6) is 5.75 Å². The van der Waals surface area contributed by atoms with Crippen molar-refractivity contribution in [1.82, 2.24) is 10.2 Å². The zero-order chi connectivity index (χ0) is 17.9. The molecule has 1 atom stereocenters. The molecule has 136 valence electrons. The number of ether oxygens (including phenoxy) is 1. The molecule has 5 heteroatoms. The Kier molecular flexibility index (Phi) is 5.30. The maximum atomic E-state index is 12.9. The molecular formula is C20H28N2O3. The molecule has 0 radical (unpaired) electrons. The van der Waals surface area contributed by atoms with Gasteiger partial charge < -0.3 is 15.0 Å². The third-order valence-electron chi connectivity index (χ3n) is 5.70. The van der Waals surface area contributed by atoms with Gasteiger partial charge in [-0.1, -0.05) is 31.0 Å². The first-order valence-corrected chi connectivity index (χ1v) is 9.28. The SMILES string of the molecule is COc1ccccc1CCN1C(=O)CC[C@]1(C)C(=O)NC1CCCC1. The summed E-state index contributed by atoms with van der Waals surface area (Å²) < 4.78 is 5.39. The van der Waals surface area contributed by atoms with Crippen molar-refractivity contribution >= 4 is 11.8 Å². The second-order valence-corrected chi connectivity index (χ2v) is 7.34. The number of methoxy groups -OCH3 is 1. The lowest BCUT2D eigenvalue weighted by molar-refractivity contribution is -0.140. The van der Waals surface area contributed by atoms with E-state index in [4.69, 9.17) is 4.74 Å². The molecule has 2 aliphatic rings. The maximum absolute atomic E-state index is 12.9. The van der Waals surface area contributed by atoms with E-state index in [1.807, 2.05) is 31.2 Å². The predicted molar refractivity (Wildman–Crippen MR) is 96.4 cm³/mol. The molecule has 1 saturated heterocycles. The van der Waals surface area contributed by atoms with E-state index < -0.39 is 5.54 Å². The Morgan fingerprint density at radius 2 is 2.04 bits per heavy atom. The van der Waals surface area contributed by atoms with Crippen molar-refractivity contribution in [2.24, 2.45) is 0 Å². The van der Waals surface area contributed by atoms with Gasteiger partial charge in [-0.25, -0.2) is 0 Å². The van der Waals surface area contributed by atoms with Gasteiger partial charge in [0, 0.05) is 19.0 Å². The number of nitrogens with one attached hydrogen (secondary N) is 1. The van der Waals surface area contributed by atoms with Crippen molar-refractivity contribution in [3.63, 3.8) is 0 Å².